The van der Waals surface area contributed by atoms with Crippen LogP contribution in [-0.4, -0.2) is 45.3 Å². The standard InChI is InChI=1S/C14H15N3O3/c18-7-10-2-1-5-17(10)13-11-4-3-9(14(19)20)6-12(11)15-8-16-13/h3-4,6,8,10,18H,1-2,5,7H2,(H,19,20). The summed E-state index contributed by atoms with van der Waals surface area (Å²) in [6.07, 6.45) is 3.40. The van der Waals surface area contributed by atoms with Crippen LogP contribution in [0.15, 0.2) is 24.5 Å². The molecule has 2 heterocycles. The minimum absolute atomic E-state index is 0.0762. The Morgan fingerprint density at radius 2 is 2.25 bits per heavy atom. The van der Waals surface area contributed by atoms with E-state index in [4.69, 9.17) is 5.11 Å². The minimum atomic E-state index is -0.971. The molecule has 1 aliphatic heterocycles. The first kappa shape index (κ1) is 12.8. The zero-order valence-electron chi connectivity index (χ0n) is 10.9. The molecule has 0 radical (unpaired) electrons. The summed E-state index contributed by atoms with van der Waals surface area (Å²) in [4.78, 5) is 21.5. The van der Waals surface area contributed by atoms with Gasteiger partial charge in [-0.1, -0.05) is 0 Å². The molecule has 0 bridgehead atoms. The van der Waals surface area contributed by atoms with Crippen molar-refractivity contribution in [2.45, 2.75) is 18.9 Å². The lowest BCUT2D eigenvalue weighted by molar-refractivity contribution is 0.0697. The average Bonchev–Trinajstić information content (AvgIpc) is 2.94. The molecular weight excluding hydrogens is 258 g/mol. The second-order valence-corrected chi connectivity index (χ2v) is 4.91. The van der Waals surface area contributed by atoms with Gasteiger partial charge in [0, 0.05) is 11.9 Å². The van der Waals surface area contributed by atoms with E-state index in [0.717, 1.165) is 30.6 Å². The summed E-state index contributed by atoms with van der Waals surface area (Å²) < 4.78 is 0. The molecule has 6 nitrogen and oxygen atoms in total. The van der Waals surface area contributed by atoms with Crippen LogP contribution in [0.4, 0.5) is 5.82 Å². The number of anilines is 1. The number of hydrogen-bond acceptors (Lipinski definition) is 5. The molecule has 1 aromatic carbocycles. The first-order valence-electron chi connectivity index (χ1n) is 6.56. The van der Waals surface area contributed by atoms with Gasteiger partial charge in [0.25, 0.3) is 0 Å². The predicted molar refractivity (Wildman–Crippen MR) is 74.0 cm³/mol. The molecule has 2 aromatic rings. The molecule has 0 amide bonds. The van der Waals surface area contributed by atoms with Gasteiger partial charge in [0.05, 0.1) is 23.7 Å². The lowest BCUT2D eigenvalue weighted by Gasteiger charge is -2.25. The maximum Gasteiger partial charge on any atom is 0.335 e. The first-order chi connectivity index (χ1) is 9.70. The Bertz CT molecular complexity index is 659. The number of carbonyl (C=O) groups is 1. The van der Waals surface area contributed by atoms with Crippen molar-refractivity contribution >= 4 is 22.7 Å². The maximum absolute atomic E-state index is 11.0. The fourth-order valence-corrected chi connectivity index (χ4v) is 2.71. The molecule has 1 saturated heterocycles. The summed E-state index contributed by atoms with van der Waals surface area (Å²) in [5, 5.41) is 19.3. The number of aliphatic hydroxyl groups is 1. The van der Waals surface area contributed by atoms with Gasteiger partial charge in [-0.25, -0.2) is 14.8 Å². The van der Waals surface area contributed by atoms with Crippen molar-refractivity contribution in [3.63, 3.8) is 0 Å². The molecule has 104 valence electrons. The van der Waals surface area contributed by atoms with E-state index in [-0.39, 0.29) is 18.2 Å². The summed E-state index contributed by atoms with van der Waals surface area (Å²) in [5.41, 5.74) is 0.820. The van der Waals surface area contributed by atoms with Crippen LogP contribution in [0, 0.1) is 0 Å². The van der Waals surface area contributed by atoms with Gasteiger partial charge in [0.15, 0.2) is 0 Å². The van der Waals surface area contributed by atoms with Crippen molar-refractivity contribution in [1.29, 1.82) is 0 Å². The molecule has 1 unspecified atom stereocenters. The van der Waals surface area contributed by atoms with Crippen LogP contribution >= 0.6 is 0 Å². The fraction of sp³-hybridized carbons (Fsp3) is 0.357. The highest BCUT2D eigenvalue weighted by molar-refractivity contribution is 5.96. The Kier molecular flexibility index (Phi) is 3.23. The van der Waals surface area contributed by atoms with Gasteiger partial charge < -0.3 is 15.1 Å². The Morgan fingerprint density at radius 1 is 1.40 bits per heavy atom. The predicted octanol–water partition coefficient (Wildman–Crippen LogP) is 1.29. The normalized spacial score (nSPS) is 18.6. The van der Waals surface area contributed by atoms with E-state index in [9.17, 15) is 9.90 Å². The monoisotopic (exact) mass is 273 g/mol. The van der Waals surface area contributed by atoms with Gasteiger partial charge in [-0.3, -0.25) is 0 Å². The Hall–Kier alpha value is -2.21. The Balaban J connectivity index is 2.10. The fourth-order valence-electron chi connectivity index (χ4n) is 2.71. The lowest BCUT2D eigenvalue weighted by Crippen LogP contribution is -2.32. The van der Waals surface area contributed by atoms with Gasteiger partial charge >= 0.3 is 5.97 Å². The van der Waals surface area contributed by atoms with E-state index < -0.39 is 5.97 Å². The van der Waals surface area contributed by atoms with E-state index in [1.54, 1.807) is 18.2 Å². The molecule has 0 saturated carbocycles. The van der Waals surface area contributed by atoms with Gasteiger partial charge in [-0.2, -0.15) is 0 Å². The van der Waals surface area contributed by atoms with Crippen LogP contribution in [0.2, 0.25) is 0 Å². The third-order valence-corrected chi connectivity index (χ3v) is 3.72. The summed E-state index contributed by atoms with van der Waals surface area (Å²) in [6.45, 7) is 0.941. The maximum atomic E-state index is 11.0. The molecule has 1 atom stereocenters. The summed E-state index contributed by atoms with van der Waals surface area (Å²) in [5.74, 6) is -0.204. The molecule has 6 heteroatoms. The van der Waals surface area contributed by atoms with E-state index in [1.165, 1.54) is 6.33 Å². The number of fused-ring (bicyclic) bond motifs is 1. The number of nitrogens with zero attached hydrogens (tertiary/aromatic N) is 3. The first-order valence-corrected chi connectivity index (χ1v) is 6.56. The van der Waals surface area contributed by atoms with E-state index in [0.29, 0.717) is 5.52 Å². The number of aromatic nitrogens is 2. The molecule has 1 aromatic heterocycles. The third-order valence-electron chi connectivity index (χ3n) is 3.72. The Labute approximate surface area is 115 Å². The zero-order chi connectivity index (χ0) is 14.1. The second-order valence-electron chi connectivity index (χ2n) is 4.91. The Morgan fingerprint density at radius 3 is 3.00 bits per heavy atom. The van der Waals surface area contributed by atoms with Gasteiger partial charge in [0.1, 0.15) is 12.1 Å². The van der Waals surface area contributed by atoms with Gasteiger partial charge in [0.2, 0.25) is 0 Å². The third kappa shape index (κ3) is 2.08. The summed E-state index contributed by atoms with van der Waals surface area (Å²) in [6, 6.07) is 4.92. The van der Waals surface area contributed by atoms with Crippen molar-refractivity contribution in [3.8, 4) is 0 Å². The number of carboxylic acids is 1. The van der Waals surface area contributed by atoms with E-state index >= 15 is 0 Å². The van der Waals surface area contributed by atoms with E-state index in [1.807, 2.05) is 0 Å². The zero-order valence-corrected chi connectivity index (χ0v) is 10.9. The van der Waals surface area contributed by atoms with Gasteiger partial charge in [-0.15, -0.1) is 0 Å². The lowest BCUT2D eigenvalue weighted by atomic mass is 10.1. The molecular formula is C14H15N3O3. The van der Waals surface area contributed by atoms with Crippen LogP contribution in [0.3, 0.4) is 0 Å². The van der Waals surface area contributed by atoms with Crippen LogP contribution < -0.4 is 4.90 Å². The molecule has 0 spiro atoms. The van der Waals surface area contributed by atoms with Crippen LogP contribution in [0.1, 0.15) is 23.2 Å². The average molecular weight is 273 g/mol. The van der Waals surface area contributed by atoms with Crippen molar-refractivity contribution in [2.75, 3.05) is 18.1 Å². The number of rotatable bonds is 3. The highest BCUT2D eigenvalue weighted by Crippen LogP contribution is 2.29. The van der Waals surface area contributed by atoms with Crippen LogP contribution in [0.5, 0.6) is 0 Å². The topological polar surface area (TPSA) is 86.5 Å². The van der Waals surface area contributed by atoms with Crippen molar-refractivity contribution in [2.24, 2.45) is 0 Å². The van der Waals surface area contributed by atoms with Gasteiger partial charge in [-0.05, 0) is 31.0 Å². The summed E-state index contributed by atoms with van der Waals surface area (Å²) in [7, 11) is 0. The van der Waals surface area contributed by atoms with Crippen molar-refractivity contribution < 1.29 is 15.0 Å². The largest absolute Gasteiger partial charge is 0.478 e. The van der Waals surface area contributed by atoms with Crippen LogP contribution in [0.25, 0.3) is 10.9 Å². The second kappa shape index (κ2) is 5.05. The SMILES string of the molecule is O=C(O)c1ccc2c(N3CCCC3CO)ncnc2c1. The molecule has 2 N–H and O–H groups in total. The smallest absolute Gasteiger partial charge is 0.335 e. The molecule has 20 heavy (non-hydrogen) atoms. The number of carboxylic acid groups (broad SMARTS) is 1. The molecule has 1 aliphatic rings. The number of aliphatic hydroxyl groups excluding tert-OH is 1. The van der Waals surface area contributed by atoms with E-state index in [2.05, 4.69) is 14.9 Å². The molecule has 1 fully saturated rings. The highest BCUT2D eigenvalue weighted by atomic mass is 16.4. The minimum Gasteiger partial charge on any atom is -0.478 e. The number of hydrogen-bond donors (Lipinski definition) is 2. The summed E-state index contributed by atoms with van der Waals surface area (Å²) >= 11 is 0. The molecule has 0 aliphatic carbocycles. The quantitative estimate of drug-likeness (QED) is 0.876. The van der Waals surface area contributed by atoms with Crippen LogP contribution in [-0.2, 0) is 0 Å². The molecule has 3 rings (SSSR count). The number of aromatic carboxylic acids is 1. The van der Waals surface area contributed by atoms with Crippen molar-refractivity contribution in [3.05, 3.63) is 30.1 Å². The number of benzene rings is 1. The highest BCUT2D eigenvalue weighted by Gasteiger charge is 2.26. The van der Waals surface area contributed by atoms with Crippen molar-refractivity contribution in [1.82, 2.24) is 9.97 Å².